The van der Waals surface area contributed by atoms with Crippen molar-refractivity contribution in [2.75, 3.05) is 26.2 Å². The second-order valence-corrected chi connectivity index (χ2v) is 9.24. The van der Waals surface area contributed by atoms with Gasteiger partial charge in [-0.3, -0.25) is 0 Å². The van der Waals surface area contributed by atoms with Crippen LogP contribution >= 0.6 is 0 Å². The summed E-state index contributed by atoms with van der Waals surface area (Å²) in [5.41, 5.74) is -0.310. The lowest BCUT2D eigenvalue weighted by atomic mass is 10.2. The van der Waals surface area contributed by atoms with Crippen molar-refractivity contribution in [3.63, 3.8) is 0 Å². The van der Waals surface area contributed by atoms with E-state index in [1.54, 1.807) is 41.5 Å². The van der Waals surface area contributed by atoms with Crippen LogP contribution in [0.1, 0.15) is 53.5 Å². The molecule has 180 valence electrons. The standard InChI is InChI=1S/C23H37N3O6/c1-22(2,3)31-19(27)24-13-10-15-26(16-14-25-20(28)32-23(4,5)6)21(29)30-17-18-11-8-7-9-12-18/h7-9,11-12H,10,13-17H2,1-6H3,(H,24,27)(H,25,28). The Hall–Kier alpha value is -2.97. The first kappa shape index (κ1) is 27.1. The average Bonchev–Trinajstić information content (AvgIpc) is 2.66. The minimum atomic E-state index is -0.605. The number of hydrogen-bond acceptors (Lipinski definition) is 6. The van der Waals surface area contributed by atoms with Crippen LogP contribution in [0.25, 0.3) is 0 Å². The van der Waals surface area contributed by atoms with Gasteiger partial charge in [0.2, 0.25) is 0 Å². The van der Waals surface area contributed by atoms with Crippen LogP contribution in [0.4, 0.5) is 14.4 Å². The smallest absolute Gasteiger partial charge is 0.410 e. The maximum Gasteiger partial charge on any atom is 0.410 e. The summed E-state index contributed by atoms with van der Waals surface area (Å²) in [6.45, 7) is 11.9. The predicted molar refractivity (Wildman–Crippen MR) is 121 cm³/mol. The molecule has 2 N–H and O–H groups in total. The van der Waals surface area contributed by atoms with Crippen molar-refractivity contribution in [1.29, 1.82) is 0 Å². The number of nitrogens with one attached hydrogen (secondary N) is 2. The lowest BCUT2D eigenvalue weighted by Crippen LogP contribution is -2.41. The Morgan fingerprint density at radius 2 is 1.34 bits per heavy atom. The van der Waals surface area contributed by atoms with E-state index in [-0.39, 0.29) is 19.7 Å². The number of rotatable bonds is 9. The highest BCUT2D eigenvalue weighted by molar-refractivity contribution is 5.69. The molecule has 0 radical (unpaired) electrons. The topological polar surface area (TPSA) is 106 Å². The fourth-order valence-corrected chi connectivity index (χ4v) is 2.49. The number of benzene rings is 1. The van der Waals surface area contributed by atoms with E-state index in [4.69, 9.17) is 14.2 Å². The zero-order valence-electron chi connectivity index (χ0n) is 20.0. The molecule has 0 aliphatic carbocycles. The number of nitrogens with zero attached hydrogens (tertiary/aromatic N) is 1. The molecule has 9 nitrogen and oxygen atoms in total. The molecule has 0 aromatic heterocycles. The quantitative estimate of drug-likeness (QED) is 0.433. The average molecular weight is 452 g/mol. The first-order valence-corrected chi connectivity index (χ1v) is 10.7. The van der Waals surface area contributed by atoms with Crippen LogP contribution < -0.4 is 10.6 Å². The lowest BCUT2D eigenvalue weighted by molar-refractivity contribution is 0.0501. The van der Waals surface area contributed by atoms with Gasteiger partial charge in [-0.15, -0.1) is 0 Å². The van der Waals surface area contributed by atoms with Crippen molar-refractivity contribution < 1.29 is 28.6 Å². The van der Waals surface area contributed by atoms with Crippen LogP contribution in [0.3, 0.4) is 0 Å². The molecule has 0 saturated carbocycles. The van der Waals surface area contributed by atoms with Crippen molar-refractivity contribution in [2.45, 2.75) is 65.8 Å². The Kier molecular flexibility index (Phi) is 10.8. The van der Waals surface area contributed by atoms with Gasteiger partial charge >= 0.3 is 18.3 Å². The largest absolute Gasteiger partial charge is 0.445 e. The van der Waals surface area contributed by atoms with Gasteiger partial charge in [-0.05, 0) is 53.5 Å². The molecule has 1 aromatic rings. The molecule has 0 bridgehead atoms. The van der Waals surface area contributed by atoms with E-state index in [1.807, 2.05) is 30.3 Å². The maximum absolute atomic E-state index is 12.6. The van der Waals surface area contributed by atoms with E-state index in [1.165, 1.54) is 4.90 Å². The minimum absolute atomic E-state index is 0.145. The SMILES string of the molecule is CC(C)(C)OC(=O)NCCCN(CCNC(=O)OC(C)(C)C)C(=O)OCc1ccccc1. The third-order valence-electron chi connectivity index (χ3n) is 3.79. The number of amides is 3. The number of ether oxygens (including phenoxy) is 3. The zero-order valence-corrected chi connectivity index (χ0v) is 20.0. The van der Waals surface area contributed by atoms with Crippen LogP contribution in [-0.2, 0) is 20.8 Å². The molecule has 0 spiro atoms. The fourth-order valence-electron chi connectivity index (χ4n) is 2.49. The summed E-state index contributed by atoms with van der Waals surface area (Å²) in [6.07, 6.45) is -1.08. The van der Waals surface area contributed by atoms with Crippen LogP contribution in [0, 0.1) is 0 Å². The van der Waals surface area contributed by atoms with E-state index in [0.717, 1.165) is 5.56 Å². The minimum Gasteiger partial charge on any atom is -0.445 e. The maximum atomic E-state index is 12.6. The summed E-state index contributed by atoms with van der Waals surface area (Å²) >= 11 is 0. The van der Waals surface area contributed by atoms with Crippen LogP contribution in [0.5, 0.6) is 0 Å². The van der Waals surface area contributed by atoms with E-state index >= 15 is 0 Å². The second kappa shape index (κ2) is 12.8. The molecule has 0 unspecified atom stereocenters. The van der Waals surface area contributed by atoms with E-state index in [0.29, 0.717) is 19.5 Å². The van der Waals surface area contributed by atoms with Gasteiger partial charge in [0.1, 0.15) is 17.8 Å². The van der Waals surface area contributed by atoms with Crippen LogP contribution in [0.2, 0.25) is 0 Å². The van der Waals surface area contributed by atoms with Gasteiger partial charge in [0, 0.05) is 26.2 Å². The van der Waals surface area contributed by atoms with Gasteiger partial charge in [-0.1, -0.05) is 30.3 Å². The summed E-state index contributed by atoms with van der Waals surface area (Å²) in [5.74, 6) is 0. The highest BCUT2D eigenvalue weighted by atomic mass is 16.6. The second-order valence-electron chi connectivity index (χ2n) is 9.24. The number of hydrogen-bond donors (Lipinski definition) is 2. The van der Waals surface area contributed by atoms with E-state index in [9.17, 15) is 14.4 Å². The Balaban J connectivity index is 2.53. The predicted octanol–water partition coefficient (Wildman–Crippen LogP) is 4.06. The fraction of sp³-hybridized carbons (Fsp3) is 0.609. The highest BCUT2D eigenvalue weighted by Gasteiger charge is 2.19. The third kappa shape index (κ3) is 13.4. The van der Waals surface area contributed by atoms with E-state index in [2.05, 4.69) is 10.6 Å². The molecule has 32 heavy (non-hydrogen) atoms. The molecule has 0 fully saturated rings. The van der Waals surface area contributed by atoms with E-state index < -0.39 is 29.5 Å². The molecule has 0 saturated heterocycles. The molecular weight excluding hydrogens is 414 g/mol. The monoisotopic (exact) mass is 451 g/mol. The van der Waals surface area contributed by atoms with Crippen molar-refractivity contribution in [2.24, 2.45) is 0 Å². The van der Waals surface area contributed by atoms with Gasteiger partial charge < -0.3 is 29.7 Å². The summed E-state index contributed by atoms with van der Waals surface area (Å²) in [4.78, 5) is 37.7. The van der Waals surface area contributed by atoms with Gasteiger partial charge in [0.05, 0.1) is 0 Å². The molecule has 0 aliphatic heterocycles. The molecule has 0 heterocycles. The molecule has 9 heteroatoms. The molecule has 1 rings (SSSR count). The van der Waals surface area contributed by atoms with Crippen molar-refractivity contribution in [3.05, 3.63) is 35.9 Å². The molecule has 0 atom stereocenters. The van der Waals surface area contributed by atoms with Crippen molar-refractivity contribution in [3.8, 4) is 0 Å². The zero-order chi connectivity index (χ0) is 24.2. The number of carbonyl (C=O) groups excluding carboxylic acids is 3. The van der Waals surface area contributed by atoms with Crippen molar-refractivity contribution in [1.82, 2.24) is 15.5 Å². The first-order valence-electron chi connectivity index (χ1n) is 10.7. The summed E-state index contributed by atoms with van der Waals surface area (Å²) in [7, 11) is 0. The van der Waals surface area contributed by atoms with Gasteiger partial charge in [-0.25, -0.2) is 14.4 Å². The molecule has 0 aliphatic rings. The summed E-state index contributed by atoms with van der Waals surface area (Å²) in [5, 5.41) is 5.29. The Morgan fingerprint density at radius 1 is 0.812 bits per heavy atom. The van der Waals surface area contributed by atoms with Gasteiger partial charge in [0.15, 0.2) is 0 Å². The third-order valence-corrected chi connectivity index (χ3v) is 3.79. The summed E-state index contributed by atoms with van der Waals surface area (Å²) < 4.78 is 15.8. The normalized spacial score (nSPS) is 11.3. The molecule has 3 amide bonds. The Morgan fingerprint density at radius 3 is 1.88 bits per heavy atom. The summed E-state index contributed by atoms with van der Waals surface area (Å²) in [6, 6.07) is 9.36. The number of carbonyl (C=O) groups is 3. The number of alkyl carbamates (subject to hydrolysis) is 2. The Labute approximate surface area is 190 Å². The highest BCUT2D eigenvalue weighted by Crippen LogP contribution is 2.08. The molecule has 1 aromatic carbocycles. The first-order chi connectivity index (χ1) is 14.9. The van der Waals surface area contributed by atoms with Gasteiger partial charge in [-0.2, -0.15) is 0 Å². The molecular formula is C23H37N3O6. The van der Waals surface area contributed by atoms with Crippen molar-refractivity contribution >= 4 is 18.3 Å². The van der Waals surface area contributed by atoms with Gasteiger partial charge in [0.25, 0.3) is 0 Å². The lowest BCUT2D eigenvalue weighted by Gasteiger charge is -2.24. The Bertz CT molecular complexity index is 725. The van der Waals surface area contributed by atoms with Crippen LogP contribution in [-0.4, -0.2) is 60.6 Å². The van der Waals surface area contributed by atoms with Crippen LogP contribution in [0.15, 0.2) is 30.3 Å².